The molecule has 2 bridgehead atoms. The molecule has 1 aromatic rings. The van der Waals surface area contributed by atoms with Gasteiger partial charge in [-0.1, -0.05) is 0 Å². The van der Waals surface area contributed by atoms with Gasteiger partial charge in [-0.05, 0) is 84.0 Å². The second kappa shape index (κ2) is 4.59. The molecule has 106 valence electrons. The molecule has 0 saturated heterocycles. The first-order valence-electron chi connectivity index (χ1n) is 7.67. The Morgan fingerprint density at radius 3 is 2.60 bits per heavy atom. The van der Waals surface area contributed by atoms with Crippen molar-refractivity contribution in [2.75, 3.05) is 6.61 Å². The number of ketones is 1. The lowest BCUT2D eigenvalue weighted by Crippen LogP contribution is -2.10. The van der Waals surface area contributed by atoms with Crippen LogP contribution in [-0.2, 0) is 0 Å². The lowest BCUT2D eigenvalue weighted by molar-refractivity contribution is 0.0943. The molecule has 0 heterocycles. The van der Waals surface area contributed by atoms with Gasteiger partial charge in [-0.25, -0.2) is 0 Å². The van der Waals surface area contributed by atoms with Gasteiger partial charge in [0, 0.05) is 16.0 Å². The van der Waals surface area contributed by atoms with Gasteiger partial charge in [0.25, 0.3) is 0 Å². The average molecular weight is 335 g/mol. The van der Waals surface area contributed by atoms with E-state index in [1.165, 1.54) is 19.3 Å². The van der Waals surface area contributed by atoms with E-state index in [4.69, 9.17) is 4.74 Å². The molecule has 3 aliphatic carbocycles. The van der Waals surface area contributed by atoms with Crippen LogP contribution in [-0.4, -0.2) is 12.4 Å². The van der Waals surface area contributed by atoms with E-state index in [1.54, 1.807) is 0 Å². The van der Waals surface area contributed by atoms with Crippen molar-refractivity contribution in [2.45, 2.75) is 26.2 Å². The topological polar surface area (TPSA) is 26.3 Å². The summed E-state index contributed by atoms with van der Waals surface area (Å²) >= 11 is 3.54. The van der Waals surface area contributed by atoms with E-state index in [-0.39, 0.29) is 0 Å². The second-order valence-corrected chi connectivity index (χ2v) is 7.31. The normalized spacial score (nSPS) is 36.8. The number of rotatable bonds is 4. The van der Waals surface area contributed by atoms with Gasteiger partial charge in [0.05, 0.1) is 6.61 Å². The van der Waals surface area contributed by atoms with Crippen LogP contribution in [0.2, 0.25) is 0 Å². The largest absolute Gasteiger partial charge is 0.494 e. The van der Waals surface area contributed by atoms with Crippen LogP contribution in [0.3, 0.4) is 0 Å². The van der Waals surface area contributed by atoms with E-state index in [0.29, 0.717) is 30.1 Å². The monoisotopic (exact) mass is 334 g/mol. The van der Waals surface area contributed by atoms with Gasteiger partial charge < -0.3 is 4.74 Å². The number of ether oxygens (including phenoxy) is 1. The molecule has 3 saturated carbocycles. The number of Topliss-reactive ketones (excluding diaryl/α,β-unsaturated/α-hetero) is 1. The van der Waals surface area contributed by atoms with Gasteiger partial charge in [-0.2, -0.15) is 0 Å². The van der Waals surface area contributed by atoms with Crippen molar-refractivity contribution in [2.24, 2.45) is 29.6 Å². The Hall–Kier alpha value is -0.830. The first kappa shape index (κ1) is 12.9. The van der Waals surface area contributed by atoms with Crippen molar-refractivity contribution in [1.29, 1.82) is 0 Å². The Labute approximate surface area is 128 Å². The van der Waals surface area contributed by atoms with Crippen molar-refractivity contribution in [3.05, 3.63) is 28.2 Å². The second-order valence-electron chi connectivity index (χ2n) is 6.45. The summed E-state index contributed by atoms with van der Waals surface area (Å²) in [5.74, 6) is 4.61. The van der Waals surface area contributed by atoms with Crippen LogP contribution in [0.5, 0.6) is 5.75 Å². The number of hydrogen-bond acceptors (Lipinski definition) is 2. The number of carbonyl (C=O) groups is 1. The van der Waals surface area contributed by atoms with E-state index in [9.17, 15) is 4.79 Å². The predicted molar refractivity (Wildman–Crippen MR) is 80.9 cm³/mol. The zero-order valence-corrected chi connectivity index (χ0v) is 13.2. The summed E-state index contributed by atoms with van der Waals surface area (Å²) < 4.78 is 6.36. The Balaban J connectivity index is 1.55. The molecular weight excluding hydrogens is 316 g/mol. The Morgan fingerprint density at radius 1 is 1.30 bits per heavy atom. The van der Waals surface area contributed by atoms with E-state index < -0.39 is 0 Å². The van der Waals surface area contributed by atoms with E-state index in [2.05, 4.69) is 15.9 Å². The third-order valence-corrected chi connectivity index (χ3v) is 6.21. The molecule has 2 nitrogen and oxygen atoms in total. The third-order valence-electron chi connectivity index (χ3n) is 5.56. The quantitative estimate of drug-likeness (QED) is 0.766. The molecule has 4 rings (SSSR count). The van der Waals surface area contributed by atoms with Crippen LogP contribution in [0.4, 0.5) is 0 Å². The van der Waals surface area contributed by atoms with Crippen LogP contribution in [0.25, 0.3) is 0 Å². The Morgan fingerprint density at radius 2 is 2.00 bits per heavy atom. The number of benzene rings is 1. The van der Waals surface area contributed by atoms with Gasteiger partial charge >= 0.3 is 0 Å². The van der Waals surface area contributed by atoms with Crippen molar-refractivity contribution in [1.82, 2.24) is 0 Å². The fourth-order valence-electron chi connectivity index (χ4n) is 4.81. The number of carbonyl (C=O) groups excluding carboxylic acids is 1. The summed E-state index contributed by atoms with van der Waals surface area (Å²) in [7, 11) is 0. The maximum atomic E-state index is 12.8. The molecule has 20 heavy (non-hydrogen) atoms. The van der Waals surface area contributed by atoms with E-state index in [1.807, 2.05) is 25.1 Å². The molecule has 0 aliphatic heterocycles. The maximum Gasteiger partial charge on any atom is 0.167 e. The SMILES string of the molecule is CCOc1ccc(C(=O)C2C3C4CCC(C4)C23)c(Br)c1. The molecule has 0 aromatic heterocycles. The van der Waals surface area contributed by atoms with Gasteiger partial charge in [0.2, 0.25) is 0 Å². The minimum absolute atomic E-state index is 0.315. The van der Waals surface area contributed by atoms with E-state index >= 15 is 0 Å². The highest BCUT2D eigenvalue weighted by Gasteiger charge is 2.67. The lowest BCUT2D eigenvalue weighted by Gasteiger charge is -2.10. The zero-order chi connectivity index (χ0) is 13.9. The third kappa shape index (κ3) is 1.78. The molecule has 3 aliphatic rings. The molecular formula is C17H19BrO2. The van der Waals surface area contributed by atoms with Crippen LogP contribution in [0.15, 0.2) is 22.7 Å². The van der Waals surface area contributed by atoms with Crippen LogP contribution in [0, 0.1) is 29.6 Å². The van der Waals surface area contributed by atoms with Gasteiger partial charge in [0.1, 0.15) is 5.75 Å². The molecule has 0 N–H and O–H groups in total. The summed E-state index contributed by atoms with van der Waals surface area (Å²) in [5, 5.41) is 0. The smallest absolute Gasteiger partial charge is 0.167 e. The van der Waals surface area contributed by atoms with Crippen molar-refractivity contribution < 1.29 is 9.53 Å². The van der Waals surface area contributed by atoms with Crippen LogP contribution in [0.1, 0.15) is 36.5 Å². The Kier molecular flexibility index (Phi) is 2.95. The molecule has 3 heteroatoms. The molecule has 4 unspecified atom stereocenters. The minimum Gasteiger partial charge on any atom is -0.494 e. The minimum atomic E-state index is 0.315. The van der Waals surface area contributed by atoms with Gasteiger partial charge in [-0.3, -0.25) is 4.79 Å². The summed E-state index contributed by atoms with van der Waals surface area (Å²) in [6.07, 6.45) is 4.11. The first-order chi connectivity index (χ1) is 9.70. The zero-order valence-electron chi connectivity index (χ0n) is 11.6. The first-order valence-corrected chi connectivity index (χ1v) is 8.46. The van der Waals surface area contributed by atoms with Crippen molar-refractivity contribution in [3.8, 4) is 5.75 Å². The fourth-order valence-corrected chi connectivity index (χ4v) is 5.36. The molecule has 1 aromatic carbocycles. The van der Waals surface area contributed by atoms with Crippen LogP contribution >= 0.6 is 15.9 Å². The fraction of sp³-hybridized carbons (Fsp3) is 0.588. The lowest BCUT2D eigenvalue weighted by atomic mass is 9.96. The predicted octanol–water partition coefficient (Wildman–Crippen LogP) is 4.32. The molecule has 4 atom stereocenters. The summed E-state index contributed by atoms with van der Waals surface area (Å²) in [5.41, 5.74) is 0.840. The number of fused-ring (bicyclic) bond motifs is 5. The summed E-state index contributed by atoms with van der Waals surface area (Å²) in [6, 6.07) is 5.76. The highest BCUT2D eigenvalue weighted by atomic mass is 79.9. The van der Waals surface area contributed by atoms with Crippen molar-refractivity contribution >= 4 is 21.7 Å². The standard InChI is InChI=1S/C17H19BrO2/c1-2-20-11-5-6-12(13(18)8-11)17(19)16-14-9-3-4-10(7-9)15(14)16/h5-6,8-10,14-16H,2-4,7H2,1H3. The molecule has 0 amide bonds. The Bertz CT molecular complexity index is 552. The molecule has 0 radical (unpaired) electrons. The van der Waals surface area contributed by atoms with Gasteiger partial charge in [-0.15, -0.1) is 0 Å². The van der Waals surface area contributed by atoms with E-state index in [0.717, 1.165) is 27.6 Å². The van der Waals surface area contributed by atoms with Gasteiger partial charge in [0.15, 0.2) is 5.78 Å². The summed E-state index contributed by atoms with van der Waals surface area (Å²) in [6.45, 7) is 2.62. The highest BCUT2D eigenvalue weighted by molar-refractivity contribution is 9.10. The number of hydrogen-bond donors (Lipinski definition) is 0. The molecule has 3 fully saturated rings. The number of halogens is 1. The molecule has 0 spiro atoms. The summed E-state index contributed by atoms with van der Waals surface area (Å²) in [4.78, 5) is 12.8. The average Bonchev–Trinajstić information content (AvgIpc) is 2.87. The van der Waals surface area contributed by atoms with Crippen molar-refractivity contribution in [3.63, 3.8) is 0 Å². The maximum absolute atomic E-state index is 12.8. The highest BCUT2D eigenvalue weighted by Crippen LogP contribution is 2.70. The van der Waals surface area contributed by atoms with Crippen LogP contribution < -0.4 is 4.74 Å².